The molecule has 0 bridgehead atoms. The SMILES string of the molecule is CCNc1ncnc(NCc2nccn2C)c1OC. The molecule has 0 aliphatic rings. The molecule has 2 rings (SSSR count). The van der Waals surface area contributed by atoms with Gasteiger partial charge in [-0.1, -0.05) is 0 Å². The van der Waals surface area contributed by atoms with E-state index in [1.54, 1.807) is 13.3 Å². The first kappa shape index (κ1) is 13.1. The molecular weight excluding hydrogens is 244 g/mol. The number of nitrogens with one attached hydrogen (secondary N) is 2. The van der Waals surface area contributed by atoms with E-state index in [9.17, 15) is 0 Å². The average molecular weight is 262 g/mol. The summed E-state index contributed by atoms with van der Waals surface area (Å²) in [6.07, 6.45) is 5.16. The standard InChI is InChI=1S/C12H18N6O/c1-4-13-11-10(19-3)12(17-8-16-11)15-7-9-14-5-6-18(9)2/h5-6,8H,4,7H2,1-3H3,(H2,13,15,16,17). The molecule has 2 aromatic rings. The van der Waals surface area contributed by atoms with Crippen LogP contribution in [0.4, 0.5) is 11.6 Å². The number of hydrogen-bond acceptors (Lipinski definition) is 6. The van der Waals surface area contributed by atoms with Gasteiger partial charge in [0.1, 0.15) is 12.2 Å². The van der Waals surface area contributed by atoms with Crippen LogP contribution >= 0.6 is 0 Å². The zero-order valence-corrected chi connectivity index (χ0v) is 11.3. The number of methoxy groups -OCH3 is 1. The lowest BCUT2D eigenvalue weighted by Gasteiger charge is -2.13. The zero-order valence-electron chi connectivity index (χ0n) is 11.3. The van der Waals surface area contributed by atoms with Crippen LogP contribution in [0.2, 0.25) is 0 Å². The van der Waals surface area contributed by atoms with Gasteiger partial charge in [0.15, 0.2) is 11.6 Å². The molecule has 0 aromatic carbocycles. The molecule has 7 heteroatoms. The van der Waals surface area contributed by atoms with Gasteiger partial charge in [-0.3, -0.25) is 0 Å². The number of anilines is 2. The summed E-state index contributed by atoms with van der Waals surface area (Å²) in [6, 6.07) is 0. The Labute approximate surface area is 112 Å². The van der Waals surface area contributed by atoms with Crippen LogP contribution in [0.15, 0.2) is 18.7 Å². The lowest BCUT2D eigenvalue weighted by atomic mass is 10.4. The molecule has 0 spiro atoms. The van der Waals surface area contributed by atoms with E-state index in [1.807, 2.05) is 24.7 Å². The van der Waals surface area contributed by atoms with Crippen LogP contribution in [-0.2, 0) is 13.6 Å². The quantitative estimate of drug-likeness (QED) is 0.816. The van der Waals surface area contributed by atoms with Gasteiger partial charge in [0.25, 0.3) is 0 Å². The molecule has 0 amide bonds. The second kappa shape index (κ2) is 6.03. The molecule has 0 aliphatic heterocycles. The van der Waals surface area contributed by atoms with Gasteiger partial charge in [-0.15, -0.1) is 0 Å². The lowest BCUT2D eigenvalue weighted by molar-refractivity contribution is 0.414. The Morgan fingerprint density at radius 2 is 1.95 bits per heavy atom. The zero-order chi connectivity index (χ0) is 13.7. The van der Waals surface area contributed by atoms with Gasteiger partial charge < -0.3 is 19.9 Å². The normalized spacial score (nSPS) is 10.3. The average Bonchev–Trinajstić information content (AvgIpc) is 2.82. The van der Waals surface area contributed by atoms with Crippen molar-refractivity contribution >= 4 is 11.6 Å². The van der Waals surface area contributed by atoms with Crippen molar-refractivity contribution in [1.29, 1.82) is 0 Å². The smallest absolute Gasteiger partial charge is 0.204 e. The number of imidazole rings is 1. The van der Waals surface area contributed by atoms with Crippen molar-refractivity contribution in [1.82, 2.24) is 19.5 Å². The maximum Gasteiger partial charge on any atom is 0.204 e. The van der Waals surface area contributed by atoms with E-state index in [2.05, 4.69) is 25.6 Å². The third-order valence-electron chi connectivity index (χ3n) is 2.69. The Morgan fingerprint density at radius 3 is 2.53 bits per heavy atom. The fourth-order valence-corrected chi connectivity index (χ4v) is 1.72. The maximum atomic E-state index is 5.35. The number of ether oxygens (including phenoxy) is 1. The van der Waals surface area contributed by atoms with Crippen LogP contribution in [0.5, 0.6) is 5.75 Å². The number of aromatic nitrogens is 4. The molecule has 0 saturated carbocycles. The summed E-state index contributed by atoms with van der Waals surface area (Å²) in [5, 5.41) is 6.34. The molecule has 2 aromatic heterocycles. The molecule has 0 unspecified atom stereocenters. The summed E-state index contributed by atoms with van der Waals surface area (Å²) in [6.45, 7) is 3.34. The molecular formula is C12H18N6O. The van der Waals surface area contributed by atoms with Gasteiger partial charge in [0.05, 0.1) is 13.7 Å². The molecule has 7 nitrogen and oxygen atoms in total. The third kappa shape index (κ3) is 2.93. The van der Waals surface area contributed by atoms with E-state index >= 15 is 0 Å². The molecule has 2 heterocycles. The largest absolute Gasteiger partial charge is 0.490 e. The van der Waals surface area contributed by atoms with E-state index in [0.717, 1.165) is 12.4 Å². The summed E-state index contributed by atoms with van der Waals surface area (Å²) in [4.78, 5) is 12.6. The van der Waals surface area contributed by atoms with Crippen molar-refractivity contribution in [2.45, 2.75) is 13.5 Å². The fraction of sp³-hybridized carbons (Fsp3) is 0.417. The first-order chi connectivity index (χ1) is 9.26. The van der Waals surface area contributed by atoms with Crippen LogP contribution in [0.1, 0.15) is 12.7 Å². The monoisotopic (exact) mass is 262 g/mol. The minimum Gasteiger partial charge on any atom is -0.490 e. The Hall–Kier alpha value is -2.31. The molecule has 102 valence electrons. The third-order valence-corrected chi connectivity index (χ3v) is 2.69. The van der Waals surface area contributed by atoms with Crippen molar-refractivity contribution in [3.8, 4) is 5.75 Å². The van der Waals surface area contributed by atoms with Crippen LogP contribution in [0.25, 0.3) is 0 Å². The van der Waals surface area contributed by atoms with E-state index in [1.165, 1.54) is 6.33 Å². The minimum absolute atomic E-state index is 0.572. The van der Waals surface area contributed by atoms with Crippen molar-refractivity contribution < 1.29 is 4.74 Å². The molecule has 0 aliphatic carbocycles. The second-order valence-electron chi connectivity index (χ2n) is 3.94. The van der Waals surface area contributed by atoms with E-state index in [-0.39, 0.29) is 0 Å². The van der Waals surface area contributed by atoms with Crippen molar-refractivity contribution in [3.05, 3.63) is 24.5 Å². The number of aryl methyl sites for hydroxylation is 1. The van der Waals surface area contributed by atoms with Gasteiger partial charge in [0, 0.05) is 26.0 Å². The highest BCUT2D eigenvalue weighted by molar-refractivity contribution is 5.63. The molecule has 2 N–H and O–H groups in total. The molecule has 0 fully saturated rings. The second-order valence-corrected chi connectivity index (χ2v) is 3.94. The molecule has 19 heavy (non-hydrogen) atoms. The van der Waals surface area contributed by atoms with Crippen LogP contribution < -0.4 is 15.4 Å². The van der Waals surface area contributed by atoms with Crippen LogP contribution in [-0.4, -0.2) is 33.2 Å². The van der Waals surface area contributed by atoms with Gasteiger partial charge in [-0.25, -0.2) is 15.0 Å². The van der Waals surface area contributed by atoms with Gasteiger partial charge in [-0.2, -0.15) is 0 Å². The predicted molar refractivity (Wildman–Crippen MR) is 73.3 cm³/mol. The number of rotatable bonds is 6. The first-order valence-electron chi connectivity index (χ1n) is 6.09. The summed E-state index contributed by atoms with van der Waals surface area (Å²) >= 11 is 0. The van der Waals surface area contributed by atoms with Gasteiger partial charge in [0.2, 0.25) is 5.75 Å². The topological polar surface area (TPSA) is 76.9 Å². The van der Waals surface area contributed by atoms with Crippen molar-refractivity contribution in [2.24, 2.45) is 7.05 Å². The Balaban J connectivity index is 2.15. The molecule has 0 saturated heterocycles. The maximum absolute atomic E-state index is 5.35. The van der Waals surface area contributed by atoms with E-state index < -0.39 is 0 Å². The Kier molecular flexibility index (Phi) is 4.17. The van der Waals surface area contributed by atoms with Crippen LogP contribution in [0, 0.1) is 0 Å². The van der Waals surface area contributed by atoms with Gasteiger partial charge in [-0.05, 0) is 6.92 Å². The highest BCUT2D eigenvalue weighted by Crippen LogP contribution is 2.28. The van der Waals surface area contributed by atoms with E-state index in [4.69, 9.17) is 4.74 Å². The summed E-state index contributed by atoms with van der Waals surface area (Å²) in [5.41, 5.74) is 0. The first-order valence-corrected chi connectivity index (χ1v) is 6.09. The predicted octanol–water partition coefficient (Wildman–Crippen LogP) is 1.26. The highest BCUT2D eigenvalue weighted by atomic mass is 16.5. The minimum atomic E-state index is 0.572. The fourth-order valence-electron chi connectivity index (χ4n) is 1.72. The number of nitrogens with zero attached hydrogens (tertiary/aromatic N) is 4. The molecule has 0 radical (unpaired) electrons. The van der Waals surface area contributed by atoms with Crippen molar-refractivity contribution in [2.75, 3.05) is 24.3 Å². The van der Waals surface area contributed by atoms with Crippen LogP contribution in [0.3, 0.4) is 0 Å². The van der Waals surface area contributed by atoms with Crippen molar-refractivity contribution in [3.63, 3.8) is 0 Å². The van der Waals surface area contributed by atoms with Gasteiger partial charge >= 0.3 is 0 Å². The Bertz CT molecular complexity index is 539. The summed E-state index contributed by atoms with van der Waals surface area (Å²) in [5.74, 6) is 2.86. The number of hydrogen-bond donors (Lipinski definition) is 2. The summed E-state index contributed by atoms with van der Waals surface area (Å²) in [7, 11) is 3.55. The van der Waals surface area contributed by atoms with E-state index in [0.29, 0.717) is 23.9 Å². The Morgan fingerprint density at radius 1 is 1.21 bits per heavy atom. The molecule has 0 atom stereocenters. The summed E-state index contributed by atoms with van der Waals surface area (Å²) < 4.78 is 7.30. The lowest BCUT2D eigenvalue weighted by Crippen LogP contribution is -2.10. The highest BCUT2D eigenvalue weighted by Gasteiger charge is 2.11.